The SMILES string of the molecule is CCCNC(c1ccc(CCC)cc1)C(C)(C)S(C)(=O)=O. The third-order valence-electron chi connectivity index (χ3n) is 4.10. The number of hydrogen-bond acceptors (Lipinski definition) is 3. The Hall–Kier alpha value is -0.870. The normalized spacial score (nSPS) is 14.1. The molecule has 120 valence electrons. The molecule has 1 aromatic carbocycles. The molecule has 1 unspecified atom stereocenters. The van der Waals surface area contributed by atoms with Crippen molar-refractivity contribution in [2.45, 2.75) is 57.7 Å². The first-order valence-corrected chi connectivity index (χ1v) is 9.65. The summed E-state index contributed by atoms with van der Waals surface area (Å²) in [6.45, 7) is 8.65. The van der Waals surface area contributed by atoms with Gasteiger partial charge in [-0.1, -0.05) is 44.5 Å². The summed E-state index contributed by atoms with van der Waals surface area (Å²) in [7, 11) is -3.16. The quantitative estimate of drug-likeness (QED) is 0.799. The average Bonchev–Trinajstić information content (AvgIpc) is 2.40. The predicted octanol–water partition coefficient (Wildman–Crippen LogP) is 3.50. The zero-order valence-corrected chi connectivity index (χ0v) is 14.8. The van der Waals surface area contributed by atoms with Crippen LogP contribution in [0.2, 0.25) is 0 Å². The fourth-order valence-electron chi connectivity index (χ4n) is 2.43. The predicted molar refractivity (Wildman–Crippen MR) is 90.4 cm³/mol. The molecule has 1 N–H and O–H groups in total. The second-order valence-corrected chi connectivity index (χ2v) is 8.85. The Morgan fingerprint density at radius 3 is 2.10 bits per heavy atom. The molecule has 0 bridgehead atoms. The standard InChI is InChI=1S/C17H29NO2S/c1-6-8-14-9-11-15(12-10-14)16(18-13-7-2)17(3,4)21(5,19)20/h9-12,16,18H,6-8,13H2,1-5H3. The van der Waals surface area contributed by atoms with Crippen molar-refractivity contribution in [1.29, 1.82) is 0 Å². The van der Waals surface area contributed by atoms with E-state index in [2.05, 4.69) is 43.4 Å². The second kappa shape index (κ2) is 7.41. The van der Waals surface area contributed by atoms with Crippen LogP contribution in [0.4, 0.5) is 0 Å². The summed E-state index contributed by atoms with van der Waals surface area (Å²) in [6.07, 6.45) is 4.47. The molecule has 0 aliphatic carbocycles. The van der Waals surface area contributed by atoms with Crippen molar-refractivity contribution in [2.24, 2.45) is 0 Å². The van der Waals surface area contributed by atoms with E-state index < -0.39 is 14.6 Å². The van der Waals surface area contributed by atoms with Crippen LogP contribution < -0.4 is 5.32 Å². The molecule has 3 nitrogen and oxygen atoms in total. The third-order valence-corrected chi connectivity index (χ3v) is 6.25. The Balaban J connectivity index is 3.13. The number of hydrogen-bond donors (Lipinski definition) is 1. The lowest BCUT2D eigenvalue weighted by molar-refractivity contribution is 0.420. The van der Waals surface area contributed by atoms with Gasteiger partial charge in [0.2, 0.25) is 0 Å². The van der Waals surface area contributed by atoms with Crippen LogP contribution in [0.15, 0.2) is 24.3 Å². The van der Waals surface area contributed by atoms with Gasteiger partial charge in [-0.3, -0.25) is 0 Å². The van der Waals surface area contributed by atoms with E-state index in [-0.39, 0.29) is 6.04 Å². The lowest BCUT2D eigenvalue weighted by atomic mass is 9.93. The van der Waals surface area contributed by atoms with Crippen LogP contribution in [0.25, 0.3) is 0 Å². The van der Waals surface area contributed by atoms with Crippen molar-refractivity contribution >= 4 is 9.84 Å². The molecular formula is C17H29NO2S. The van der Waals surface area contributed by atoms with Gasteiger partial charge in [-0.2, -0.15) is 0 Å². The van der Waals surface area contributed by atoms with Gasteiger partial charge < -0.3 is 5.32 Å². The van der Waals surface area contributed by atoms with Gasteiger partial charge in [0.25, 0.3) is 0 Å². The molecular weight excluding hydrogens is 282 g/mol. The zero-order valence-electron chi connectivity index (χ0n) is 13.9. The summed E-state index contributed by atoms with van der Waals surface area (Å²) >= 11 is 0. The van der Waals surface area contributed by atoms with E-state index in [1.165, 1.54) is 11.8 Å². The third kappa shape index (κ3) is 4.55. The highest BCUT2D eigenvalue weighted by molar-refractivity contribution is 7.92. The molecule has 0 spiro atoms. The Labute approximate surface area is 130 Å². The minimum atomic E-state index is -3.16. The molecule has 0 saturated heterocycles. The van der Waals surface area contributed by atoms with E-state index in [4.69, 9.17) is 0 Å². The van der Waals surface area contributed by atoms with Gasteiger partial charge in [0.05, 0.1) is 10.8 Å². The molecule has 0 aliphatic heterocycles. The van der Waals surface area contributed by atoms with Crippen molar-refractivity contribution in [2.75, 3.05) is 12.8 Å². The summed E-state index contributed by atoms with van der Waals surface area (Å²) < 4.78 is 23.5. The van der Waals surface area contributed by atoms with Crippen molar-refractivity contribution in [3.63, 3.8) is 0 Å². The molecule has 1 aromatic rings. The zero-order chi connectivity index (χ0) is 16.1. The molecule has 1 rings (SSSR count). The van der Waals surface area contributed by atoms with E-state index in [0.717, 1.165) is 31.4 Å². The average molecular weight is 311 g/mol. The highest BCUT2D eigenvalue weighted by Crippen LogP contribution is 2.32. The first-order chi connectivity index (χ1) is 9.74. The molecule has 0 fully saturated rings. The summed E-state index contributed by atoms with van der Waals surface area (Å²) in [6, 6.07) is 8.15. The van der Waals surface area contributed by atoms with Crippen LogP contribution in [-0.2, 0) is 16.3 Å². The smallest absolute Gasteiger partial charge is 0.154 e. The van der Waals surface area contributed by atoms with E-state index >= 15 is 0 Å². The Morgan fingerprint density at radius 1 is 1.10 bits per heavy atom. The largest absolute Gasteiger partial charge is 0.309 e. The van der Waals surface area contributed by atoms with E-state index in [9.17, 15) is 8.42 Å². The van der Waals surface area contributed by atoms with Gasteiger partial charge in [-0.15, -0.1) is 0 Å². The van der Waals surface area contributed by atoms with Crippen molar-refractivity contribution in [3.05, 3.63) is 35.4 Å². The Morgan fingerprint density at radius 2 is 1.67 bits per heavy atom. The van der Waals surface area contributed by atoms with Crippen LogP contribution in [0.1, 0.15) is 57.7 Å². The highest BCUT2D eigenvalue weighted by Gasteiger charge is 2.39. The molecule has 0 amide bonds. The van der Waals surface area contributed by atoms with E-state index in [1.807, 2.05) is 0 Å². The molecule has 0 aromatic heterocycles. The van der Waals surface area contributed by atoms with Crippen LogP contribution in [0.3, 0.4) is 0 Å². The summed E-state index contributed by atoms with van der Waals surface area (Å²) in [4.78, 5) is 0. The van der Waals surface area contributed by atoms with Gasteiger partial charge in [0, 0.05) is 6.26 Å². The first kappa shape index (κ1) is 18.2. The molecule has 21 heavy (non-hydrogen) atoms. The minimum Gasteiger partial charge on any atom is -0.309 e. The van der Waals surface area contributed by atoms with Gasteiger partial charge in [-0.25, -0.2) is 8.42 Å². The van der Waals surface area contributed by atoms with Crippen LogP contribution >= 0.6 is 0 Å². The highest BCUT2D eigenvalue weighted by atomic mass is 32.2. The van der Waals surface area contributed by atoms with Gasteiger partial charge >= 0.3 is 0 Å². The van der Waals surface area contributed by atoms with Crippen LogP contribution in [-0.4, -0.2) is 26.0 Å². The van der Waals surface area contributed by atoms with Crippen molar-refractivity contribution in [3.8, 4) is 0 Å². The summed E-state index contributed by atoms with van der Waals surface area (Å²) in [5, 5.41) is 3.40. The lowest BCUT2D eigenvalue weighted by Gasteiger charge is -2.34. The summed E-state index contributed by atoms with van der Waals surface area (Å²) in [5.41, 5.74) is 2.34. The maximum atomic E-state index is 12.2. The fourth-order valence-corrected chi connectivity index (χ4v) is 3.08. The molecule has 0 radical (unpaired) electrons. The Bertz CT molecular complexity index is 532. The Kier molecular flexibility index (Phi) is 6.41. The summed E-state index contributed by atoms with van der Waals surface area (Å²) in [5.74, 6) is 0. The number of sulfone groups is 1. The number of nitrogens with one attached hydrogen (secondary N) is 1. The topological polar surface area (TPSA) is 46.2 Å². The molecule has 0 heterocycles. The minimum absolute atomic E-state index is 0.192. The van der Waals surface area contributed by atoms with E-state index in [0.29, 0.717) is 0 Å². The van der Waals surface area contributed by atoms with Crippen molar-refractivity contribution < 1.29 is 8.42 Å². The van der Waals surface area contributed by atoms with Crippen LogP contribution in [0, 0.1) is 0 Å². The van der Waals surface area contributed by atoms with Crippen molar-refractivity contribution in [1.82, 2.24) is 5.32 Å². The fraction of sp³-hybridized carbons (Fsp3) is 0.647. The number of aryl methyl sites for hydroxylation is 1. The molecule has 0 saturated carbocycles. The molecule has 4 heteroatoms. The van der Waals surface area contributed by atoms with Crippen LogP contribution in [0.5, 0.6) is 0 Å². The van der Waals surface area contributed by atoms with E-state index in [1.54, 1.807) is 13.8 Å². The lowest BCUT2D eigenvalue weighted by Crippen LogP contribution is -2.45. The van der Waals surface area contributed by atoms with Gasteiger partial charge in [0.1, 0.15) is 0 Å². The maximum absolute atomic E-state index is 12.2. The number of benzene rings is 1. The molecule has 0 aliphatic rings. The second-order valence-electron chi connectivity index (χ2n) is 6.25. The monoisotopic (exact) mass is 311 g/mol. The molecule has 1 atom stereocenters. The maximum Gasteiger partial charge on any atom is 0.154 e. The first-order valence-electron chi connectivity index (χ1n) is 7.75. The van der Waals surface area contributed by atoms with Gasteiger partial charge in [0.15, 0.2) is 9.84 Å². The van der Waals surface area contributed by atoms with Gasteiger partial charge in [-0.05, 0) is 44.4 Å². The number of rotatable bonds is 8.